The Hall–Kier alpha value is -4.71. The van der Waals surface area contributed by atoms with Gasteiger partial charge in [0.25, 0.3) is 0 Å². The molecular formula is C30H29ClFN5O6. The smallest absolute Gasteiger partial charge is 0.411 e. The molecule has 1 atom stereocenters. The number of nitrogens with zero attached hydrogens (tertiary/aromatic N) is 2. The Balaban J connectivity index is 1.52. The summed E-state index contributed by atoms with van der Waals surface area (Å²) in [5.41, 5.74) is 2.66. The second-order valence-electron chi connectivity index (χ2n) is 10.1. The number of hydrogen-bond acceptors (Lipinski definition) is 7. The van der Waals surface area contributed by atoms with Crippen molar-refractivity contribution in [1.29, 1.82) is 0 Å². The molecule has 3 heterocycles. The minimum atomic E-state index is -0.764. The molecule has 13 heteroatoms. The van der Waals surface area contributed by atoms with Crippen LogP contribution in [0.4, 0.5) is 31.0 Å². The minimum absolute atomic E-state index is 0.0229. The van der Waals surface area contributed by atoms with Crippen LogP contribution in [0.1, 0.15) is 42.9 Å². The number of carbonyl (C=O) groups excluding carboxylic acids is 4. The summed E-state index contributed by atoms with van der Waals surface area (Å²) in [6.07, 6.45) is 0.207. The molecule has 224 valence electrons. The number of ether oxygens (including phenoxy) is 2. The van der Waals surface area contributed by atoms with Crippen LogP contribution in [-0.4, -0.2) is 54.1 Å². The molecule has 2 aromatic carbocycles. The van der Waals surface area contributed by atoms with Crippen molar-refractivity contribution in [1.82, 2.24) is 9.88 Å². The maximum atomic E-state index is 15.2. The number of cyclic esters (lactones) is 1. The fourth-order valence-electron chi connectivity index (χ4n) is 5.10. The van der Waals surface area contributed by atoms with E-state index in [1.165, 1.54) is 24.1 Å². The predicted molar refractivity (Wildman–Crippen MR) is 157 cm³/mol. The molecule has 43 heavy (non-hydrogen) atoms. The van der Waals surface area contributed by atoms with E-state index in [9.17, 15) is 19.2 Å². The third kappa shape index (κ3) is 6.86. The molecule has 4 amide bonds. The quantitative estimate of drug-likeness (QED) is 0.328. The second-order valence-corrected chi connectivity index (χ2v) is 10.5. The molecule has 0 spiro atoms. The van der Waals surface area contributed by atoms with Crippen LogP contribution in [0.5, 0.6) is 0 Å². The van der Waals surface area contributed by atoms with E-state index in [2.05, 4.69) is 20.7 Å². The summed E-state index contributed by atoms with van der Waals surface area (Å²) in [5, 5.41) is 7.87. The summed E-state index contributed by atoms with van der Waals surface area (Å²) in [6.45, 7) is -0.229. The van der Waals surface area contributed by atoms with Gasteiger partial charge in [0.15, 0.2) is 0 Å². The van der Waals surface area contributed by atoms with Crippen LogP contribution in [0.2, 0.25) is 5.02 Å². The van der Waals surface area contributed by atoms with Crippen LogP contribution in [0, 0.1) is 5.82 Å². The lowest BCUT2D eigenvalue weighted by Crippen LogP contribution is -2.37. The summed E-state index contributed by atoms with van der Waals surface area (Å²) in [7, 11) is 1.25. The summed E-state index contributed by atoms with van der Waals surface area (Å²) in [4.78, 5) is 57.2. The molecule has 3 N–H and O–H groups in total. The molecule has 11 nitrogen and oxygen atoms in total. The molecule has 0 unspecified atom stereocenters. The average Bonchev–Trinajstić information content (AvgIpc) is 3.07. The van der Waals surface area contributed by atoms with Gasteiger partial charge in [0, 0.05) is 23.2 Å². The maximum absolute atomic E-state index is 15.2. The third-order valence-corrected chi connectivity index (χ3v) is 7.55. The van der Waals surface area contributed by atoms with Crippen LogP contribution in [0.3, 0.4) is 0 Å². The summed E-state index contributed by atoms with van der Waals surface area (Å²) >= 11 is 6.04. The summed E-state index contributed by atoms with van der Waals surface area (Å²) in [6, 6.07) is 13.1. The first kappa shape index (κ1) is 29.8. The Bertz CT molecular complexity index is 1580. The van der Waals surface area contributed by atoms with Crippen LogP contribution in [0.25, 0.3) is 11.3 Å². The zero-order valence-corrected chi connectivity index (χ0v) is 24.0. The van der Waals surface area contributed by atoms with Crippen LogP contribution < -0.4 is 16.0 Å². The Morgan fingerprint density at radius 3 is 2.77 bits per heavy atom. The maximum Gasteiger partial charge on any atom is 0.411 e. The van der Waals surface area contributed by atoms with Gasteiger partial charge in [-0.2, -0.15) is 0 Å². The number of fused-ring (bicyclic) bond motifs is 5. The SMILES string of the molecule is COC(=O)Nc1ccc2c(c1)NC(=O)CCCC[C@H](C(=O)N1CCOC(=O)Nc3ccc(Cl)c(F)c3C1)c1cccc-2n1. The summed E-state index contributed by atoms with van der Waals surface area (Å²) in [5.74, 6) is -2.01. The van der Waals surface area contributed by atoms with Crippen molar-refractivity contribution in [2.75, 3.05) is 36.2 Å². The van der Waals surface area contributed by atoms with Gasteiger partial charge in [-0.15, -0.1) is 0 Å². The fourth-order valence-corrected chi connectivity index (χ4v) is 5.27. The van der Waals surface area contributed by atoms with E-state index < -0.39 is 23.9 Å². The molecular weight excluding hydrogens is 581 g/mol. The van der Waals surface area contributed by atoms with Crippen molar-refractivity contribution < 1.29 is 33.0 Å². The lowest BCUT2D eigenvalue weighted by Gasteiger charge is -2.28. The summed E-state index contributed by atoms with van der Waals surface area (Å²) < 4.78 is 25.0. The van der Waals surface area contributed by atoms with E-state index in [1.807, 2.05) is 0 Å². The number of methoxy groups -OCH3 is 1. The van der Waals surface area contributed by atoms with Gasteiger partial charge in [-0.25, -0.2) is 14.0 Å². The Morgan fingerprint density at radius 2 is 1.95 bits per heavy atom. The van der Waals surface area contributed by atoms with Crippen LogP contribution in [0.15, 0.2) is 48.5 Å². The number of pyridine rings is 1. The van der Waals surface area contributed by atoms with E-state index in [1.54, 1.807) is 36.4 Å². The Morgan fingerprint density at radius 1 is 1.12 bits per heavy atom. The molecule has 0 fully saturated rings. The zero-order chi connectivity index (χ0) is 30.5. The molecule has 5 rings (SSSR count). The number of benzene rings is 2. The lowest BCUT2D eigenvalue weighted by atomic mass is 9.94. The number of rotatable bonds is 2. The van der Waals surface area contributed by atoms with E-state index in [0.29, 0.717) is 47.6 Å². The molecule has 0 saturated carbocycles. The first-order valence-corrected chi connectivity index (χ1v) is 14.1. The third-order valence-electron chi connectivity index (χ3n) is 7.26. The van der Waals surface area contributed by atoms with Gasteiger partial charge in [0.05, 0.1) is 53.9 Å². The van der Waals surface area contributed by atoms with Gasteiger partial charge in [0.1, 0.15) is 12.4 Å². The van der Waals surface area contributed by atoms with Crippen LogP contribution >= 0.6 is 11.6 Å². The van der Waals surface area contributed by atoms with E-state index in [-0.39, 0.29) is 54.2 Å². The molecule has 0 radical (unpaired) electrons. The average molecular weight is 610 g/mol. The number of amides is 4. The number of anilines is 3. The van der Waals surface area contributed by atoms with Crippen molar-refractivity contribution in [2.45, 2.75) is 38.1 Å². The van der Waals surface area contributed by atoms with Gasteiger partial charge in [-0.3, -0.25) is 25.2 Å². The molecule has 2 aliphatic rings. The fraction of sp³-hybridized carbons (Fsp3) is 0.300. The topological polar surface area (TPSA) is 139 Å². The molecule has 0 aliphatic carbocycles. The van der Waals surface area contributed by atoms with E-state index >= 15 is 4.39 Å². The number of carbonyl (C=O) groups is 4. The van der Waals surface area contributed by atoms with E-state index in [0.717, 1.165) is 0 Å². The highest BCUT2D eigenvalue weighted by atomic mass is 35.5. The molecule has 0 saturated heterocycles. The highest BCUT2D eigenvalue weighted by molar-refractivity contribution is 6.31. The van der Waals surface area contributed by atoms with Crippen molar-refractivity contribution >= 4 is 52.7 Å². The first-order chi connectivity index (χ1) is 20.7. The van der Waals surface area contributed by atoms with Gasteiger partial charge in [-0.1, -0.05) is 24.1 Å². The highest BCUT2D eigenvalue weighted by Gasteiger charge is 2.30. The van der Waals surface area contributed by atoms with Crippen LogP contribution in [-0.2, 0) is 25.6 Å². The zero-order valence-electron chi connectivity index (χ0n) is 23.2. The van der Waals surface area contributed by atoms with Crippen molar-refractivity contribution in [3.63, 3.8) is 0 Å². The highest BCUT2D eigenvalue weighted by Crippen LogP contribution is 2.34. The molecule has 2 bridgehead atoms. The Kier molecular flexibility index (Phi) is 9.05. The molecule has 2 aliphatic heterocycles. The van der Waals surface area contributed by atoms with Gasteiger partial charge in [0.2, 0.25) is 11.8 Å². The predicted octanol–water partition coefficient (Wildman–Crippen LogP) is 5.91. The number of halogens is 2. The monoisotopic (exact) mass is 609 g/mol. The van der Waals surface area contributed by atoms with Gasteiger partial charge < -0.3 is 19.7 Å². The van der Waals surface area contributed by atoms with Gasteiger partial charge >= 0.3 is 12.2 Å². The second kappa shape index (κ2) is 13.1. The van der Waals surface area contributed by atoms with Crippen molar-refractivity contribution in [2.24, 2.45) is 0 Å². The minimum Gasteiger partial charge on any atom is -0.453 e. The van der Waals surface area contributed by atoms with E-state index in [4.69, 9.17) is 21.3 Å². The van der Waals surface area contributed by atoms with Gasteiger partial charge in [-0.05, 0) is 55.3 Å². The molecule has 3 aromatic rings. The first-order valence-electron chi connectivity index (χ1n) is 13.7. The molecule has 1 aromatic heterocycles. The standard InChI is InChI=1S/C30H29ClFN5O6/c1-42-29(40)33-17-9-10-18-22-6-4-7-23(34-22)19(5-2-3-8-26(38)35-25(18)15-17)28(39)37-13-14-43-30(41)36-24-12-11-21(31)27(32)20(24)16-37/h4,6-7,9-12,15,19H,2-3,5,8,13-14,16H2,1H3,(H,33,40)(H,35,38)(H,36,41)/t19-/m0/s1. The Labute approximate surface area is 251 Å². The number of nitrogens with one attached hydrogen (secondary N) is 3. The number of hydrogen-bond donors (Lipinski definition) is 3. The van der Waals surface area contributed by atoms with Crippen molar-refractivity contribution in [3.05, 3.63) is 70.6 Å². The lowest BCUT2D eigenvalue weighted by molar-refractivity contribution is -0.134. The normalized spacial score (nSPS) is 17.1. The van der Waals surface area contributed by atoms with Crippen molar-refractivity contribution in [3.8, 4) is 11.3 Å². The number of aromatic nitrogens is 1. The largest absolute Gasteiger partial charge is 0.453 e.